The molecule has 1 unspecified atom stereocenters. The summed E-state index contributed by atoms with van der Waals surface area (Å²) in [6, 6.07) is 0. The second kappa shape index (κ2) is 66.4. The van der Waals surface area contributed by atoms with E-state index in [1.807, 2.05) is 0 Å². The predicted molar refractivity (Wildman–Crippen MR) is 339 cm³/mol. The van der Waals surface area contributed by atoms with Gasteiger partial charge in [0.25, 0.3) is 0 Å². The molecule has 78 heavy (non-hydrogen) atoms. The van der Waals surface area contributed by atoms with Crippen LogP contribution in [0.2, 0.25) is 0 Å². The van der Waals surface area contributed by atoms with Gasteiger partial charge in [-0.05, 0) is 89.9 Å². The van der Waals surface area contributed by atoms with Gasteiger partial charge in [0, 0.05) is 19.3 Å². The first kappa shape index (κ1) is 74.8. The van der Waals surface area contributed by atoms with Gasteiger partial charge in [0.1, 0.15) is 13.2 Å². The van der Waals surface area contributed by atoms with Crippen molar-refractivity contribution in [3.8, 4) is 0 Å². The van der Waals surface area contributed by atoms with Crippen molar-refractivity contribution in [2.24, 2.45) is 0 Å². The first-order chi connectivity index (χ1) is 38.5. The monoisotopic (exact) mass is 1090 g/mol. The molecule has 0 heterocycles. The van der Waals surface area contributed by atoms with Crippen LogP contribution in [0.1, 0.15) is 348 Å². The molecule has 6 heteroatoms. The Bertz CT molecular complexity index is 1440. The molecular formula is C72H128O6. The SMILES string of the molecule is CC/C=C\C/C=C\C/C=C\CCCCCCCCCC(=O)OCC(COC(=O)CCCCCCCCCCCC/C=C\C/C=C\C/C=C\CCCCCCC)OC(=O)CCCCCCCCCCCCCCCCCCCC. The van der Waals surface area contributed by atoms with Gasteiger partial charge in [-0.15, -0.1) is 0 Å². The number of carbonyl (C=O) groups excluding carboxylic acids is 3. The van der Waals surface area contributed by atoms with E-state index in [1.165, 1.54) is 212 Å². The fourth-order valence-corrected chi connectivity index (χ4v) is 9.88. The van der Waals surface area contributed by atoms with Crippen LogP contribution < -0.4 is 0 Å². The fraction of sp³-hybridized carbons (Fsp3) is 0.792. The lowest BCUT2D eigenvalue weighted by atomic mass is 10.0. The van der Waals surface area contributed by atoms with Gasteiger partial charge in [0.15, 0.2) is 6.10 Å². The number of unbranched alkanes of at least 4 members (excludes halogenated alkanes) is 39. The van der Waals surface area contributed by atoms with Crippen molar-refractivity contribution in [1.29, 1.82) is 0 Å². The van der Waals surface area contributed by atoms with Crippen LogP contribution in [-0.2, 0) is 28.6 Å². The molecule has 0 N–H and O–H groups in total. The van der Waals surface area contributed by atoms with Crippen molar-refractivity contribution in [2.75, 3.05) is 13.2 Å². The summed E-state index contributed by atoms with van der Waals surface area (Å²) in [5.41, 5.74) is 0. The number of hydrogen-bond acceptors (Lipinski definition) is 6. The predicted octanol–water partition coefficient (Wildman–Crippen LogP) is 23.3. The molecule has 1 atom stereocenters. The summed E-state index contributed by atoms with van der Waals surface area (Å²) >= 11 is 0. The molecule has 0 fully saturated rings. The van der Waals surface area contributed by atoms with Gasteiger partial charge in [-0.3, -0.25) is 14.4 Å². The summed E-state index contributed by atoms with van der Waals surface area (Å²) in [7, 11) is 0. The number of allylic oxidation sites excluding steroid dienone is 12. The molecule has 0 saturated carbocycles. The van der Waals surface area contributed by atoms with Crippen molar-refractivity contribution in [2.45, 2.75) is 354 Å². The van der Waals surface area contributed by atoms with Gasteiger partial charge in [-0.2, -0.15) is 0 Å². The average Bonchev–Trinajstić information content (AvgIpc) is 3.44. The second-order valence-corrected chi connectivity index (χ2v) is 22.7. The Kier molecular flexibility index (Phi) is 63.7. The molecule has 0 aliphatic carbocycles. The van der Waals surface area contributed by atoms with Crippen LogP contribution in [0.25, 0.3) is 0 Å². The summed E-state index contributed by atoms with van der Waals surface area (Å²) in [5.74, 6) is -0.871. The Morgan fingerprint density at radius 1 is 0.269 bits per heavy atom. The Balaban J connectivity index is 4.33. The number of carbonyl (C=O) groups is 3. The van der Waals surface area contributed by atoms with E-state index in [-0.39, 0.29) is 31.1 Å². The standard InChI is InChI=1S/C72H128O6/c1-4-7-10-13-16-19-22-25-28-31-33-34-35-36-37-38-39-42-44-47-50-53-56-59-62-65-71(74)77-68-69(67-76-70(73)64-61-58-55-52-49-46-43-40-30-27-24-21-18-15-12-9-6-3)78-72(75)66-63-60-57-54-51-48-45-41-32-29-26-23-20-17-14-11-8-5-2/h9,12,18,21-22,25,27,30-31,33,35-36,69H,4-8,10-11,13-17,19-20,23-24,26,28-29,32,34,37-68H2,1-3H3/b12-9-,21-18-,25-22-,30-27-,33-31-,36-35-. The number of ether oxygens (including phenoxy) is 3. The Hall–Kier alpha value is -3.15. The van der Waals surface area contributed by atoms with Crippen molar-refractivity contribution in [1.82, 2.24) is 0 Å². The maximum Gasteiger partial charge on any atom is 0.306 e. The van der Waals surface area contributed by atoms with Gasteiger partial charge >= 0.3 is 17.9 Å². The molecule has 6 nitrogen and oxygen atoms in total. The van der Waals surface area contributed by atoms with Crippen LogP contribution in [0.4, 0.5) is 0 Å². The van der Waals surface area contributed by atoms with Crippen molar-refractivity contribution >= 4 is 17.9 Å². The first-order valence-corrected chi connectivity index (χ1v) is 33.9. The first-order valence-electron chi connectivity index (χ1n) is 33.9. The normalized spacial score (nSPS) is 12.5. The molecule has 0 radical (unpaired) electrons. The quantitative estimate of drug-likeness (QED) is 0.0261. The molecule has 0 aliphatic rings. The highest BCUT2D eigenvalue weighted by atomic mass is 16.6. The maximum absolute atomic E-state index is 12.9. The lowest BCUT2D eigenvalue weighted by Crippen LogP contribution is -2.30. The highest BCUT2D eigenvalue weighted by Crippen LogP contribution is 2.17. The van der Waals surface area contributed by atoms with Crippen LogP contribution >= 0.6 is 0 Å². The molecule has 0 aliphatic heterocycles. The smallest absolute Gasteiger partial charge is 0.306 e. The Labute approximate surface area is 484 Å². The third-order valence-corrected chi connectivity index (χ3v) is 14.9. The van der Waals surface area contributed by atoms with Crippen LogP contribution in [-0.4, -0.2) is 37.2 Å². The number of esters is 3. The minimum atomic E-state index is -0.781. The fourth-order valence-electron chi connectivity index (χ4n) is 9.88. The molecule has 0 saturated heterocycles. The van der Waals surface area contributed by atoms with E-state index in [0.29, 0.717) is 19.3 Å². The van der Waals surface area contributed by atoms with Crippen LogP contribution in [0.3, 0.4) is 0 Å². The number of hydrogen-bond donors (Lipinski definition) is 0. The highest BCUT2D eigenvalue weighted by Gasteiger charge is 2.19. The van der Waals surface area contributed by atoms with E-state index in [9.17, 15) is 14.4 Å². The zero-order chi connectivity index (χ0) is 56.4. The van der Waals surface area contributed by atoms with Crippen LogP contribution in [0, 0.1) is 0 Å². The Morgan fingerprint density at radius 2 is 0.500 bits per heavy atom. The Morgan fingerprint density at radius 3 is 0.782 bits per heavy atom. The largest absolute Gasteiger partial charge is 0.462 e. The topological polar surface area (TPSA) is 78.9 Å². The van der Waals surface area contributed by atoms with E-state index in [0.717, 1.165) is 96.3 Å². The molecule has 0 spiro atoms. The molecule has 0 amide bonds. The summed E-state index contributed by atoms with van der Waals surface area (Å²) in [6.07, 6.45) is 86.3. The van der Waals surface area contributed by atoms with Gasteiger partial charge in [-0.1, -0.05) is 312 Å². The van der Waals surface area contributed by atoms with E-state index in [1.54, 1.807) is 0 Å². The van der Waals surface area contributed by atoms with Crippen molar-refractivity contribution < 1.29 is 28.6 Å². The summed E-state index contributed by atoms with van der Waals surface area (Å²) in [4.78, 5) is 38.4. The molecule has 0 aromatic heterocycles. The minimum Gasteiger partial charge on any atom is -0.462 e. The van der Waals surface area contributed by atoms with E-state index < -0.39 is 6.10 Å². The third-order valence-electron chi connectivity index (χ3n) is 14.9. The summed E-state index contributed by atoms with van der Waals surface area (Å²) < 4.78 is 17.0. The van der Waals surface area contributed by atoms with Gasteiger partial charge in [0.05, 0.1) is 0 Å². The minimum absolute atomic E-state index is 0.0775. The van der Waals surface area contributed by atoms with Gasteiger partial charge in [-0.25, -0.2) is 0 Å². The van der Waals surface area contributed by atoms with E-state index in [4.69, 9.17) is 14.2 Å². The molecule has 0 bridgehead atoms. The highest BCUT2D eigenvalue weighted by molar-refractivity contribution is 5.71. The molecule has 452 valence electrons. The summed E-state index contributed by atoms with van der Waals surface area (Å²) in [6.45, 7) is 6.56. The molecular weight excluding hydrogens is 961 g/mol. The molecule has 0 aromatic rings. The van der Waals surface area contributed by atoms with Crippen molar-refractivity contribution in [3.05, 3.63) is 72.9 Å². The zero-order valence-corrected chi connectivity index (χ0v) is 51.9. The summed E-state index contributed by atoms with van der Waals surface area (Å²) in [5, 5.41) is 0. The average molecular weight is 1090 g/mol. The second-order valence-electron chi connectivity index (χ2n) is 22.7. The maximum atomic E-state index is 12.9. The van der Waals surface area contributed by atoms with Gasteiger partial charge in [0.2, 0.25) is 0 Å². The van der Waals surface area contributed by atoms with E-state index in [2.05, 4.69) is 93.7 Å². The number of rotatable bonds is 62. The zero-order valence-electron chi connectivity index (χ0n) is 51.9. The van der Waals surface area contributed by atoms with Crippen molar-refractivity contribution in [3.63, 3.8) is 0 Å². The third kappa shape index (κ3) is 63.7. The van der Waals surface area contributed by atoms with Gasteiger partial charge < -0.3 is 14.2 Å². The van der Waals surface area contributed by atoms with E-state index >= 15 is 0 Å². The van der Waals surface area contributed by atoms with Crippen LogP contribution in [0.5, 0.6) is 0 Å². The van der Waals surface area contributed by atoms with Crippen LogP contribution in [0.15, 0.2) is 72.9 Å². The lowest BCUT2D eigenvalue weighted by Gasteiger charge is -2.18. The molecule has 0 rings (SSSR count). The lowest BCUT2D eigenvalue weighted by molar-refractivity contribution is -0.167. The molecule has 0 aromatic carbocycles.